The minimum atomic E-state index is -2.06. The van der Waals surface area contributed by atoms with Crippen molar-refractivity contribution in [2.75, 3.05) is 26.2 Å². The van der Waals surface area contributed by atoms with Crippen molar-refractivity contribution in [3.63, 3.8) is 0 Å². The number of nitrogens with zero attached hydrogens (tertiary/aromatic N) is 1. The first-order valence-electron chi connectivity index (χ1n) is 21.5. The summed E-state index contributed by atoms with van der Waals surface area (Å²) in [6, 6.07) is 7.31. The molecule has 3 heterocycles. The predicted molar refractivity (Wildman–Crippen MR) is 217 cm³/mol. The zero-order valence-electron chi connectivity index (χ0n) is 37.0. The molecule has 16 heteroatoms. The number of aliphatic hydroxyl groups excluding tert-OH is 1. The highest BCUT2D eigenvalue weighted by Crippen LogP contribution is 2.66. The summed E-state index contributed by atoms with van der Waals surface area (Å²) in [6.45, 7) is 18.4. The van der Waals surface area contributed by atoms with Gasteiger partial charge in [-0.15, -0.1) is 0 Å². The molecule has 3 saturated heterocycles. The Morgan fingerprint density at radius 1 is 1.02 bits per heavy atom. The van der Waals surface area contributed by atoms with Crippen LogP contribution < -0.4 is 5.32 Å². The Balaban J connectivity index is 1.36. The number of carbonyl (C=O) groups is 4. The van der Waals surface area contributed by atoms with E-state index in [1.807, 2.05) is 25.7 Å². The number of β-amino-alcohol motifs (C(OH)–C–C–N with tert-alkyl or cyclic N) is 1. The molecule has 1 amide bonds. The van der Waals surface area contributed by atoms with Gasteiger partial charge in [0.25, 0.3) is 0 Å². The fourth-order valence-electron chi connectivity index (χ4n) is 11.3. The fraction of sp³-hybridized carbons (Fsp3) is 0.733. The van der Waals surface area contributed by atoms with Crippen molar-refractivity contribution in [2.24, 2.45) is 16.7 Å². The fourth-order valence-corrected chi connectivity index (χ4v) is 11.3. The number of likely N-dealkylation sites (tertiary alicyclic amines) is 1. The average Bonchev–Trinajstić information content (AvgIpc) is 3.55. The van der Waals surface area contributed by atoms with Crippen LogP contribution in [0.4, 0.5) is 4.79 Å². The van der Waals surface area contributed by atoms with E-state index in [0.29, 0.717) is 43.6 Å². The van der Waals surface area contributed by atoms with Gasteiger partial charge < -0.3 is 53.8 Å². The predicted octanol–water partition coefficient (Wildman–Crippen LogP) is 3.57. The van der Waals surface area contributed by atoms with Crippen molar-refractivity contribution < 1.29 is 67.7 Å². The molecule has 6 aliphatic rings. The summed E-state index contributed by atoms with van der Waals surface area (Å²) in [5.41, 5.74) is -6.03. The molecular weight excluding hydrogens is 792 g/mol. The van der Waals surface area contributed by atoms with E-state index in [1.165, 1.54) is 6.92 Å². The van der Waals surface area contributed by atoms with E-state index in [1.54, 1.807) is 71.9 Å². The van der Waals surface area contributed by atoms with Crippen molar-refractivity contribution in [3.05, 3.63) is 47.0 Å². The standard InChI is InChI=1S/C45H64N2O14/c1-11-27(46-39(52)61-40(4,5)6)32(49)38(51)56-28-19-45(54)36(59-37(50)26-15-13-12-14-16-26)34-43(10,18-17-29-44(34,23-55-29)60-25(3)48)35-33(31(24(28)2)41(45,7)8)57-30(58-35)20-47-21-42(9,53)22-47/h12-16,27-30,32-36,49,53-54H,11,17-23H2,1-10H3,(H,46,52)/t27-,28-,29+,30+,32+,33+,34-,35+,36-,43+,44-,45+/m0/s1. The maximum Gasteiger partial charge on any atom is 0.407 e. The Labute approximate surface area is 357 Å². The SMILES string of the molecule is CC[C@H](NC(=O)OC(C)(C)C)[C@@H](O)C(=O)O[C@H]1C[C@@]2(O)[C@@H](OC(=O)c3ccccc3)[C@H]3[C@@](C)(CC[C@H]4OC[C@]43OC(C)=O)[C@@H]3O[C@H](CN4CC(C)(O)C4)O[C@@H]3C(=C1C)C2(C)C. The van der Waals surface area contributed by atoms with Gasteiger partial charge in [-0.3, -0.25) is 9.69 Å². The molecule has 5 fully saturated rings. The average molecular weight is 857 g/mol. The van der Waals surface area contributed by atoms with Gasteiger partial charge in [0.15, 0.2) is 18.0 Å². The molecule has 0 radical (unpaired) electrons. The first-order chi connectivity index (χ1) is 28.4. The molecule has 12 atom stereocenters. The number of alkyl carbamates (subject to hydrolysis) is 1. The lowest BCUT2D eigenvalue weighted by atomic mass is 9.45. The number of benzene rings is 1. The molecule has 2 saturated carbocycles. The third kappa shape index (κ3) is 7.99. The molecule has 0 unspecified atom stereocenters. The van der Waals surface area contributed by atoms with Gasteiger partial charge in [-0.1, -0.05) is 45.9 Å². The van der Waals surface area contributed by atoms with Crippen LogP contribution in [-0.4, -0.2) is 142 Å². The highest BCUT2D eigenvalue weighted by Gasteiger charge is 2.77. The molecule has 0 spiro atoms. The molecule has 7 rings (SSSR count). The van der Waals surface area contributed by atoms with Gasteiger partial charge in [-0.05, 0) is 77.2 Å². The zero-order chi connectivity index (χ0) is 44.7. The van der Waals surface area contributed by atoms with Crippen LogP contribution in [0.3, 0.4) is 0 Å². The smallest absolute Gasteiger partial charge is 0.407 e. The van der Waals surface area contributed by atoms with E-state index in [9.17, 15) is 34.5 Å². The maximum atomic E-state index is 14.4. The molecular formula is C45H64N2O14. The van der Waals surface area contributed by atoms with Crippen LogP contribution >= 0.6 is 0 Å². The van der Waals surface area contributed by atoms with Crippen molar-refractivity contribution >= 4 is 24.0 Å². The summed E-state index contributed by atoms with van der Waals surface area (Å²) in [4.78, 5) is 56.3. The lowest BCUT2D eigenvalue weighted by Crippen LogP contribution is -2.79. The van der Waals surface area contributed by atoms with Crippen molar-refractivity contribution in [1.82, 2.24) is 10.2 Å². The van der Waals surface area contributed by atoms with Crippen LogP contribution in [0.15, 0.2) is 41.5 Å². The highest BCUT2D eigenvalue weighted by atomic mass is 16.7. The van der Waals surface area contributed by atoms with E-state index >= 15 is 0 Å². The van der Waals surface area contributed by atoms with Crippen LogP contribution in [0.25, 0.3) is 0 Å². The monoisotopic (exact) mass is 856 g/mol. The maximum absolute atomic E-state index is 14.4. The Bertz CT molecular complexity index is 1900. The number of nitrogens with one attached hydrogen (secondary N) is 1. The van der Waals surface area contributed by atoms with Crippen molar-refractivity contribution in [3.8, 4) is 0 Å². The Morgan fingerprint density at radius 3 is 2.26 bits per heavy atom. The molecule has 338 valence electrons. The second-order valence-electron chi connectivity index (χ2n) is 20.2. The summed E-state index contributed by atoms with van der Waals surface area (Å²) in [5, 5.41) is 38.4. The minimum absolute atomic E-state index is 0.0344. The number of esters is 3. The summed E-state index contributed by atoms with van der Waals surface area (Å²) < 4.78 is 44.6. The van der Waals surface area contributed by atoms with Crippen LogP contribution in [0.1, 0.15) is 105 Å². The minimum Gasteiger partial charge on any atom is -0.456 e. The first kappa shape index (κ1) is 45.4. The Morgan fingerprint density at radius 2 is 1.69 bits per heavy atom. The third-order valence-electron chi connectivity index (χ3n) is 14.1. The summed E-state index contributed by atoms with van der Waals surface area (Å²) >= 11 is 0. The van der Waals surface area contributed by atoms with E-state index < -0.39 is 112 Å². The summed E-state index contributed by atoms with van der Waals surface area (Å²) in [6.07, 6.45) is -7.49. The van der Waals surface area contributed by atoms with Gasteiger partial charge in [0.05, 0.1) is 35.8 Å². The van der Waals surface area contributed by atoms with Gasteiger partial charge in [0.2, 0.25) is 0 Å². The van der Waals surface area contributed by atoms with Crippen molar-refractivity contribution in [2.45, 2.75) is 166 Å². The molecule has 61 heavy (non-hydrogen) atoms. The highest BCUT2D eigenvalue weighted by molar-refractivity contribution is 5.89. The molecule has 3 aliphatic carbocycles. The number of amides is 1. The van der Waals surface area contributed by atoms with Gasteiger partial charge in [0, 0.05) is 43.8 Å². The molecule has 1 aromatic rings. The zero-order valence-corrected chi connectivity index (χ0v) is 37.0. The molecule has 16 nitrogen and oxygen atoms in total. The Hall–Kier alpha value is -3.64. The molecule has 1 aromatic carbocycles. The summed E-state index contributed by atoms with van der Waals surface area (Å²) in [5.74, 6) is -3.31. The number of aliphatic hydroxyl groups is 3. The second kappa shape index (κ2) is 15.9. The summed E-state index contributed by atoms with van der Waals surface area (Å²) in [7, 11) is 0. The third-order valence-corrected chi connectivity index (χ3v) is 14.1. The number of rotatable bonds is 10. The van der Waals surface area contributed by atoms with Crippen LogP contribution in [0.5, 0.6) is 0 Å². The quantitative estimate of drug-likeness (QED) is 0.151. The van der Waals surface area contributed by atoms with Gasteiger partial charge >= 0.3 is 24.0 Å². The number of fused-ring (bicyclic) bond motifs is 8. The second-order valence-corrected chi connectivity index (χ2v) is 20.2. The largest absolute Gasteiger partial charge is 0.456 e. The van der Waals surface area contributed by atoms with Crippen molar-refractivity contribution in [1.29, 1.82) is 0 Å². The number of ether oxygens (including phenoxy) is 7. The number of hydrogen-bond donors (Lipinski definition) is 4. The van der Waals surface area contributed by atoms with Gasteiger partial charge in [-0.2, -0.15) is 0 Å². The molecule has 2 bridgehead atoms. The Kier molecular flexibility index (Phi) is 11.8. The normalized spacial score (nSPS) is 37.1. The van der Waals surface area contributed by atoms with Crippen LogP contribution in [-0.2, 0) is 42.7 Å². The van der Waals surface area contributed by atoms with Gasteiger partial charge in [0.1, 0.15) is 35.6 Å². The first-order valence-corrected chi connectivity index (χ1v) is 21.5. The van der Waals surface area contributed by atoms with E-state index in [0.717, 1.165) is 0 Å². The van der Waals surface area contributed by atoms with Crippen LogP contribution in [0.2, 0.25) is 0 Å². The van der Waals surface area contributed by atoms with Crippen LogP contribution in [0, 0.1) is 16.7 Å². The van der Waals surface area contributed by atoms with E-state index in [4.69, 9.17) is 33.2 Å². The topological polar surface area (TPSA) is 209 Å². The molecule has 0 aromatic heterocycles. The van der Waals surface area contributed by atoms with E-state index in [-0.39, 0.29) is 25.0 Å². The molecule has 4 N–H and O–H groups in total. The lowest BCUT2D eigenvalue weighted by molar-refractivity contribution is -0.345. The lowest BCUT2D eigenvalue weighted by Gasteiger charge is -2.68. The molecule has 3 aliphatic heterocycles. The van der Waals surface area contributed by atoms with Gasteiger partial charge in [-0.25, -0.2) is 14.4 Å². The number of carbonyl (C=O) groups excluding carboxylic acids is 4. The number of hydrogen-bond acceptors (Lipinski definition) is 15. The van der Waals surface area contributed by atoms with E-state index in [2.05, 4.69) is 5.32 Å².